The van der Waals surface area contributed by atoms with Crippen LogP contribution in [0.2, 0.25) is 0 Å². The maximum absolute atomic E-state index is 12.0. The Balaban J connectivity index is 1.66. The lowest BCUT2D eigenvalue weighted by Gasteiger charge is -2.10. The molecule has 6 nitrogen and oxygen atoms in total. The van der Waals surface area contributed by atoms with Gasteiger partial charge in [-0.25, -0.2) is 9.97 Å². The Labute approximate surface area is 122 Å². The molecule has 1 aliphatic heterocycles. The SMILES string of the molecule is O=C(Nc1cnc(-c2ccccc2)nc1)[C@H]1C[C@@H](O)CN1. The summed E-state index contributed by atoms with van der Waals surface area (Å²) in [6.45, 7) is 0.446. The Hall–Kier alpha value is -2.31. The van der Waals surface area contributed by atoms with Crippen LogP contribution in [0.3, 0.4) is 0 Å². The molecule has 0 saturated carbocycles. The number of aliphatic hydroxyl groups is 1. The van der Waals surface area contributed by atoms with E-state index in [9.17, 15) is 9.90 Å². The van der Waals surface area contributed by atoms with E-state index in [0.29, 0.717) is 24.5 Å². The van der Waals surface area contributed by atoms with Gasteiger partial charge in [-0.05, 0) is 6.42 Å². The fourth-order valence-electron chi connectivity index (χ4n) is 2.28. The number of hydrogen-bond donors (Lipinski definition) is 3. The third-order valence-corrected chi connectivity index (χ3v) is 3.38. The predicted molar refractivity (Wildman–Crippen MR) is 78.5 cm³/mol. The molecule has 3 N–H and O–H groups in total. The molecule has 1 fully saturated rings. The van der Waals surface area contributed by atoms with Crippen molar-refractivity contribution in [3.8, 4) is 11.4 Å². The van der Waals surface area contributed by atoms with Crippen LogP contribution in [0.1, 0.15) is 6.42 Å². The highest BCUT2D eigenvalue weighted by Crippen LogP contribution is 2.15. The molecule has 21 heavy (non-hydrogen) atoms. The average Bonchev–Trinajstić information content (AvgIpc) is 2.96. The van der Waals surface area contributed by atoms with Gasteiger partial charge in [0.05, 0.1) is 30.2 Å². The molecule has 1 aromatic heterocycles. The lowest BCUT2D eigenvalue weighted by molar-refractivity contribution is -0.117. The molecule has 1 aromatic carbocycles. The molecule has 1 aliphatic rings. The first-order valence-electron chi connectivity index (χ1n) is 6.82. The minimum absolute atomic E-state index is 0.178. The molecule has 2 atom stereocenters. The smallest absolute Gasteiger partial charge is 0.241 e. The quantitative estimate of drug-likeness (QED) is 0.776. The molecule has 3 rings (SSSR count). The molecule has 1 saturated heterocycles. The lowest BCUT2D eigenvalue weighted by Crippen LogP contribution is -2.35. The van der Waals surface area contributed by atoms with E-state index in [1.165, 1.54) is 0 Å². The van der Waals surface area contributed by atoms with Gasteiger partial charge in [0.25, 0.3) is 0 Å². The average molecular weight is 284 g/mol. The minimum atomic E-state index is -0.461. The van der Waals surface area contributed by atoms with Gasteiger partial charge in [-0.1, -0.05) is 30.3 Å². The topological polar surface area (TPSA) is 87.1 Å². The van der Waals surface area contributed by atoms with Gasteiger partial charge in [0.2, 0.25) is 5.91 Å². The van der Waals surface area contributed by atoms with E-state index in [0.717, 1.165) is 5.56 Å². The van der Waals surface area contributed by atoms with E-state index in [1.54, 1.807) is 12.4 Å². The second-order valence-electron chi connectivity index (χ2n) is 5.00. The van der Waals surface area contributed by atoms with Crippen molar-refractivity contribution in [2.24, 2.45) is 0 Å². The first kappa shape index (κ1) is 13.7. The number of carbonyl (C=O) groups excluding carboxylic acids is 1. The van der Waals surface area contributed by atoms with Gasteiger partial charge in [-0.3, -0.25) is 4.79 Å². The zero-order valence-electron chi connectivity index (χ0n) is 11.4. The Morgan fingerprint density at radius 3 is 2.57 bits per heavy atom. The van der Waals surface area contributed by atoms with Gasteiger partial charge in [0, 0.05) is 12.1 Å². The van der Waals surface area contributed by atoms with Crippen LogP contribution in [0.4, 0.5) is 5.69 Å². The minimum Gasteiger partial charge on any atom is -0.392 e. The van der Waals surface area contributed by atoms with Crippen molar-refractivity contribution >= 4 is 11.6 Å². The molecule has 0 bridgehead atoms. The van der Waals surface area contributed by atoms with Crippen LogP contribution in [0.25, 0.3) is 11.4 Å². The summed E-state index contributed by atoms with van der Waals surface area (Å²) in [5.74, 6) is 0.436. The van der Waals surface area contributed by atoms with Gasteiger partial charge < -0.3 is 15.7 Å². The molecule has 0 spiro atoms. The highest BCUT2D eigenvalue weighted by molar-refractivity contribution is 5.94. The van der Waals surface area contributed by atoms with Crippen LogP contribution < -0.4 is 10.6 Å². The summed E-state index contributed by atoms with van der Waals surface area (Å²) in [5.41, 5.74) is 1.47. The van der Waals surface area contributed by atoms with E-state index in [2.05, 4.69) is 20.6 Å². The number of nitrogens with zero attached hydrogens (tertiary/aromatic N) is 2. The first-order chi connectivity index (χ1) is 10.2. The third kappa shape index (κ3) is 3.24. The summed E-state index contributed by atoms with van der Waals surface area (Å²) >= 11 is 0. The number of hydrogen-bond acceptors (Lipinski definition) is 5. The number of benzene rings is 1. The van der Waals surface area contributed by atoms with Crippen molar-refractivity contribution in [2.75, 3.05) is 11.9 Å². The Bertz CT molecular complexity index is 615. The van der Waals surface area contributed by atoms with Crippen LogP contribution in [0, 0.1) is 0 Å². The van der Waals surface area contributed by atoms with Gasteiger partial charge in [-0.15, -0.1) is 0 Å². The third-order valence-electron chi connectivity index (χ3n) is 3.38. The number of aliphatic hydroxyl groups excluding tert-OH is 1. The van der Waals surface area contributed by atoms with E-state index in [1.807, 2.05) is 30.3 Å². The normalized spacial score (nSPS) is 21.2. The predicted octanol–water partition coefficient (Wildman–Crippen LogP) is 0.805. The van der Waals surface area contributed by atoms with E-state index >= 15 is 0 Å². The number of rotatable bonds is 3. The second-order valence-corrected chi connectivity index (χ2v) is 5.00. The molecule has 2 heterocycles. The second kappa shape index (κ2) is 5.99. The van der Waals surface area contributed by atoms with Crippen molar-refractivity contribution in [1.29, 1.82) is 0 Å². The van der Waals surface area contributed by atoms with Crippen molar-refractivity contribution in [3.63, 3.8) is 0 Å². The van der Waals surface area contributed by atoms with E-state index in [-0.39, 0.29) is 11.9 Å². The van der Waals surface area contributed by atoms with Crippen molar-refractivity contribution in [1.82, 2.24) is 15.3 Å². The Morgan fingerprint density at radius 1 is 1.24 bits per heavy atom. The van der Waals surface area contributed by atoms with Crippen LogP contribution in [-0.4, -0.2) is 39.7 Å². The Morgan fingerprint density at radius 2 is 1.95 bits per heavy atom. The fraction of sp³-hybridized carbons (Fsp3) is 0.267. The standard InChI is InChI=1S/C15H16N4O2/c20-12-6-13(16-9-12)15(21)19-11-7-17-14(18-8-11)10-4-2-1-3-5-10/h1-5,7-8,12-13,16,20H,6,9H2,(H,19,21)/t12-,13-/m1/s1. The summed E-state index contributed by atoms with van der Waals surface area (Å²) in [7, 11) is 0. The van der Waals surface area contributed by atoms with Crippen LogP contribution >= 0.6 is 0 Å². The van der Waals surface area contributed by atoms with Crippen LogP contribution in [-0.2, 0) is 4.79 Å². The number of nitrogens with one attached hydrogen (secondary N) is 2. The maximum atomic E-state index is 12.0. The highest BCUT2D eigenvalue weighted by Gasteiger charge is 2.28. The first-order valence-corrected chi connectivity index (χ1v) is 6.82. The molecule has 6 heteroatoms. The van der Waals surface area contributed by atoms with Gasteiger partial charge >= 0.3 is 0 Å². The number of amides is 1. The van der Waals surface area contributed by atoms with Crippen molar-refractivity contribution < 1.29 is 9.90 Å². The molecule has 0 radical (unpaired) electrons. The molecule has 1 amide bonds. The number of β-amino-alcohol motifs (C(OH)–C–C–N with tert-alkyl or cyclic N) is 1. The molecule has 2 aromatic rings. The zero-order valence-corrected chi connectivity index (χ0v) is 11.4. The number of carbonyl (C=O) groups is 1. The number of anilines is 1. The lowest BCUT2D eigenvalue weighted by atomic mass is 10.2. The van der Waals surface area contributed by atoms with E-state index < -0.39 is 6.10 Å². The van der Waals surface area contributed by atoms with Crippen LogP contribution in [0.5, 0.6) is 0 Å². The summed E-state index contributed by atoms with van der Waals surface area (Å²) in [6, 6.07) is 9.26. The largest absolute Gasteiger partial charge is 0.392 e. The zero-order chi connectivity index (χ0) is 14.7. The summed E-state index contributed by atoms with van der Waals surface area (Å²) < 4.78 is 0. The summed E-state index contributed by atoms with van der Waals surface area (Å²) in [6.07, 6.45) is 3.13. The number of aromatic nitrogens is 2. The molecular formula is C15H16N4O2. The molecule has 108 valence electrons. The van der Waals surface area contributed by atoms with Crippen molar-refractivity contribution in [2.45, 2.75) is 18.6 Å². The fourth-order valence-corrected chi connectivity index (χ4v) is 2.28. The summed E-state index contributed by atoms with van der Waals surface area (Å²) in [4.78, 5) is 20.5. The monoisotopic (exact) mass is 284 g/mol. The summed E-state index contributed by atoms with van der Waals surface area (Å²) in [5, 5.41) is 15.1. The highest BCUT2D eigenvalue weighted by atomic mass is 16.3. The van der Waals surface area contributed by atoms with E-state index in [4.69, 9.17) is 0 Å². The maximum Gasteiger partial charge on any atom is 0.241 e. The van der Waals surface area contributed by atoms with Gasteiger partial charge in [0.1, 0.15) is 0 Å². The molecular weight excluding hydrogens is 268 g/mol. The Kier molecular flexibility index (Phi) is 3.89. The molecule has 0 unspecified atom stereocenters. The molecule has 0 aliphatic carbocycles. The van der Waals surface area contributed by atoms with Crippen molar-refractivity contribution in [3.05, 3.63) is 42.7 Å². The van der Waals surface area contributed by atoms with Crippen LogP contribution in [0.15, 0.2) is 42.7 Å². The van der Waals surface area contributed by atoms with Gasteiger partial charge in [-0.2, -0.15) is 0 Å². The van der Waals surface area contributed by atoms with Gasteiger partial charge in [0.15, 0.2) is 5.82 Å².